The Morgan fingerprint density at radius 3 is 2.33 bits per heavy atom. The third kappa shape index (κ3) is 3.71. The first-order valence-electron chi connectivity index (χ1n) is 7.98. The molecular formula is C18H22N2O3S. The highest BCUT2D eigenvalue weighted by Crippen LogP contribution is 2.26. The summed E-state index contributed by atoms with van der Waals surface area (Å²) >= 11 is 0. The molecule has 24 heavy (non-hydrogen) atoms. The Morgan fingerprint density at radius 2 is 1.67 bits per heavy atom. The van der Waals surface area contributed by atoms with E-state index in [2.05, 4.69) is 9.62 Å². The fourth-order valence-corrected chi connectivity index (χ4v) is 3.78. The molecule has 1 fully saturated rings. The van der Waals surface area contributed by atoms with Crippen LogP contribution in [0.4, 0.5) is 11.4 Å². The van der Waals surface area contributed by atoms with E-state index in [-0.39, 0.29) is 4.90 Å². The van der Waals surface area contributed by atoms with Gasteiger partial charge in [-0.25, -0.2) is 8.42 Å². The third-order valence-electron chi connectivity index (χ3n) is 4.17. The minimum Gasteiger partial charge on any atom is -0.378 e. The van der Waals surface area contributed by atoms with Crippen LogP contribution in [0.2, 0.25) is 0 Å². The Hall–Kier alpha value is -2.05. The summed E-state index contributed by atoms with van der Waals surface area (Å²) in [6.07, 6.45) is 0. The van der Waals surface area contributed by atoms with Crippen LogP contribution in [0.1, 0.15) is 11.1 Å². The van der Waals surface area contributed by atoms with Crippen molar-refractivity contribution in [3.63, 3.8) is 0 Å². The molecule has 5 nitrogen and oxygen atoms in total. The molecule has 0 aromatic heterocycles. The van der Waals surface area contributed by atoms with Crippen LogP contribution in [0, 0.1) is 13.8 Å². The Kier molecular flexibility index (Phi) is 4.78. The van der Waals surface area contributed by atoms with Crippen molar-refractivity contribution in [2.45, 2.75) is 18.7 Å². The quantitative estimate of drug-likeness (QED) is 0.925. The largest absolute Gasteiger partial charge is 0.378 e. The van der Waals surface area contributed by atoms with Gasteiger partial charge in [0.1, 0.15) is 0 Å². The molecular weight excluding hydrogens is 324 g/mol. The molecule has 0 bridgehead atoms. The molecule has 2 aromatic carbocycles. The first-order chi connectivity index (χ1) is 11.5. The van der Waals surface area contributed by atoms with E-state index in [1.165, 1.54) is 0 Å². The molecule has 1 N–H and O–H groups in total. The minimum atomic E-state index is -3.59. The second kappa shape index (κ2) is 6.83. The summed E-state index contributed by atoms with van der Waals surface area (Å²) in [7, 11) is -3.59. The Balaban J connectivity index is 1.87. The predicted octanol–water partition coefficient (Wildman–Crippen LogP) is 2.94. The SMILES string of the molecule is Cc1ccc(S(=O)(=O)Nc2cc(N3CCOCC3)ccc2C)cc1. The average Bonchev–Trinajstić information content (AvgIpc) is 2.58. The molecule has 0 radical (unpaired) electrons. The molecule has 0 aliphatic carbocycles. The zero-order chi connectivity index (χ0) is 17.2. The van der Waals surface area contributed by atoms with Crippen LogP contribution < -0.4 is 9.62 Å². The number of morpholine rings is 1. The molecule has 128 valence electrons. The van der Waals surface area contributed by atoms with Crippen molar-refractivity contribution in [1.29, 1.82) is 0 Å². The summed E-state index contributed by atoms with van der Waals surface area (Å²) in [5, 5.41) is 0. The zero-order valence-corrected chi connectivity index (χ0v) is 14.8. The topological polar surface area (TPSA) is 58.6 Å². The van der Waals surface area contributed by atoms with Gasteiger partial charge in [0, 0.05) is 18.8 Å². The maximum Gasteiger partial charge on any atom is 0.261 e. The van der Waals surface area contributed by atoms with Crippen LogP contribution in [0.25, 0.3) is 0 Å². The van der Waals surface area contributed by atoms with Crippen LogP contribution in [0.15, 0.2) is 47.4 Å². The first-order valence-corrected chi connectivity index (χ1v) is 9.47. The summed E-state index contributed by atoms with van der Waals surface area (Å²) in [6.45, 7) is 6.84. The fraction of sp³-hybridized carbons (Fsp3) is 0.333. The molecule has 0 unspecified atom stereocenters. The van der Waals surface area contributed by atoms with Crippen LogP contribution in [-0.4, -0.2) is 34.7 Å². The first kappa shape index (κ1) is 16.8. The monoisotopic (exact) mass is 346 g/mol. The van der Waals surface area contributed by atoms with Gasteiger partial charge in [-0.2, -0.15) is 0 Å². The van der Waals surface area contributed by atoms with Gasteiger partial charge in [0.25, 0.3) is 10.0 Å². The van der Waals surface area contributed by atoms with Gasteiger partial charge in [-0.05, 0) is 43.7 Å². The van der Waals surface area contributed by atoms with Gasteiger partial charge in [0.15, 0.2) is 0 Å². The number of rotatable bonds is 4. The second-order valence-corrected chi connectivity index (χ2v) is 7.70. The van der Waals surface area contributed by atoms with E-state index in [9.17, 15) is 8.42 Å². The molecule has 3 rings (SSSR count). The van der Waals surface area contributed by atoms with Gasteiger partial charge in [0.2, 0.25) is 0 Å². The number of ether oxygens (including phenoxy) is 1. The van der Waals surface area contributed by atoms with Crippen molar-refractivity contribution in [2.75, 3.05) is 35.9 Å². The molecule has 0 atom stereocenters. The van der Waals surface area contributed by atoms with Crippen molar-refractivity contribution in [3.8, 4) is 0 Å². The van der Waals surface area contributed by atoms with Crippen LogP contribution in [0.3, 0.4) is 0 Å². The van der Waals surface area contributed by atoms with E-state index in [1.54, 1.807) is 24.3 Å². The lowest BCUT2D eigenvalue weighted by Crippen LogP contribution is -2.36. The molecule has 0 spiro atoms. The summed E-state index contributed by atoms with van der Waals surface area (Å²) in [4.78, 5) is 2.47. The lowest BCUT2D eigenvalue weighted by molar-refractivity contribution is 0.122. The smallest absolute Gasteiger partial charge is 0.261 e. The summed E-state index contributed by atoms with van der Waals surface area (Å²) in [5.41, 5.74) is 3.53. The number of hydrogen-bond donors (Lipinski definition) is 1. The third-order valence-corrected chi connectivity index (χ3v) is 5.55. The number of benzene rings is 2. The number of anilines is 2. The van der Waals surface area contributed by atoms with Crippen molar-refractivity contribution >= 4 is 21.4 Å². The van der Waals surface area contributed by atoms with Crippen LogP contribution in [0.5, 0.6) is 0 Å². The lowest BCUT2D eigenvalue weighted by Gasteiger charge is -2.29. The highest BCUT2D eigenvalue weighted by molar-refractivity contribution is 7.92. The van der Waals surface area contributed by atoms with Crippen LogP contribution >= 0.6 is 0 Å². The Bertz CT molecular complexity index is 811. The van der Waals surface area contributed by atoms with E-state index in [4.69, 9.17) is 4.74 Å². The molecule has 1 aliphatic rings. The number of hydrogen-bond acceptors (Lipinski definition) is 4. The normalized spacial score (nSPS) is 15.3. The van der Waals surface area contributed by atoms with E-state index >= 15 is 0 Å². The molecule has 2 aromatic rings. The Morgan fingerprint density at radius 1 is 1.00 bits per heavy atom. The van der Waals surface area contributed by atoms with Gasteiger partial charge < -0.3 is 9.64 Å². The summed E-state index contributed by atoms with van der Waals surface area (Å²) in [5.74, 6) is 0. The minimum absolute atomic E-state index is 0.268. The van der Waals surface area contributed by atoms with E-state index < -0.39 is 10.0 Å². The Labute approximate surface area is 143 Å². The van der Waals surface area contributed by atoms with Crippen molar-refractivity contribution in [1.82, 2.24) is 0 Å². The zero-order valence-electron chi connectivity index (χ0n) is 14.0. The molecule has 1 heterocycles. The number of nitrogens with one attached hydrogen (secondary N) is 1. The van der Waals surface area contributed by atoms with Crippen molar-refractivity contribution < 1.29 is 13.2 Å². The summed E-state index contributed by atoms with van der Waals surface area (Å²) in [6, 6.07) is 12.7. The fourth-order valence-electron chi connectivity index (χ4n) is 2.66. The number of nitrogens with zero attached hydrogens (tertiary/aromatic N) is 1. The molecule has 1 saturated heterocycles. The van der Waals surface area contributed by atoms with Gasteiger partial charge in [-0.1, -0.05) is 23.8 Å². The maximum atomic E-state index is 12.6. The van der Waals surface area contributed by atoms with Crippen molar-refractivity contribution in [3.05, 3.63) is 53.6 Å². The maximum absolute atomic E-state index is 12.6. The van der Waals surface area contributed by atoms with Crippen LogP contribution in [-0.2, 0) is 14.8 Å². The lowest BCUT2D eigenvalue weighted by atomic mass is 10.1. The molecule has 0 saturated carbocycles. The highest BCUT2D eigenvalue weighted by Gasteiger charge is 2.17. The molecule has 1 aliphatic heterocycles. The standard InChI is InChI=1S/C18H22N2O3S/c1-14-3-7-17(8-4-14)24(21,22)19-18-13-16(6-5-15(18)2)20-9-11-23-12-10-20/h3-8,13,19H,9-12H2,1-2H3. The van der Waals surface area contributed by atoms with E-state index in [0.29, 0.717) is 18.9 Å². The second-order valence-electron chi connectivity index (χ2n) is 6.02. The molecule has 6 heteroatoms. The van der Waals surface area contributed by atoms with Gasteiger partial charge >= 0.3 is 0 Å². The van der Waals surface area contributed by atoms with E-state index in [1.807, 2.05) is 32.0 Å². The summed E-state index contributed by atoms with van der Waals surface area (Å²) < 4.78 is 33.3. The van der Waals surface area contributed by atoms with Crippen molar-refractivity contribution in [2.24, 2.45) is 0 Å². The predicted molar refractivity (Wildman–Crippen MR) is 96.2 cm³/mol. The van der Waals surface area contributed by atoms with Gasteiger partial charge in [-0.3, -0.25) is 4.72 Å². The van der Waals surface area contributed by atoms with Gasteiger partial charge in [0.05, 0.1) is 23.8 Å². The number of sulfonamides is 1. The van der Waals surface area contributed by atoms with E-state index in [0.717, 1.165) is 29.9 Å². The number of aryl methyl sites for hydroxylation is 2. The average molecular weight is 346 g/mol. The molecule has 0 amide bonds. The van der Waals surface area contributed by atoms with Gasteiger partial charge in [-0.15, -0.1) is 0 Å². The highest BCUT2D eigenvalue weighted by atomic mass is 32.2.